The van der Waals surface area contributed by atoms with E-state index < -0.39 is 0 Å². The zero-order chi connectivity index (χ0) is 19.4. The molecule has 1 aliphatic heterocycles. The van der Waals surface area contributed by atoms with E-state index in [9.17, 15) is 4.79 Å². The van der Waals surface area contributed by atoms with Gasteiger partial charge in [-0.1, -0.05) is 39.7 Å². The third-order valence-electron chi connectivity index (χ3n) is 4.40. The van der Waals surface area contributed by atoms with E-state index >= 15 is 0 Å². The molecule has 0 spiro atoms. The Hall–Kier alpha value is -1.67. The standard InChI is InChI=1S/C19H20BrClN4OS/c1-24-8-10-25(11-9-24)17-5-3-2-4-16(17)22-19(27)23-18(26)14-12-13(20)6-7-15(14)21/h2-7,12H,8-11H2,1H3,(H2,22,23,26,27). The number of carbonyl (C=O) groups is 1. The number of likely N-dealkylation sites (N-methyl/N-ethyl adjacent to an activating group) is 1. The maximum atomic E-state index is 12.5. The highest BCUT2D eigenvalue weighted by atomic mass is 79.9. The van der Waals surface area contributed by atoms with E-state index in [4.69, 9.17) is 23.8 Å². The highest BCUT2D eigenvalue weighted by Gasteiger charge is 2.18. The molecule has 142 valence electrons. The fourth-order valence-electron chi connectivity index (χ4n) is 2.90. The van der Waals surface area contributed by atoms with Gasteiger partial charge in [0.25, 0.3) is 5.91 Å². The van der Waals surface area contributed by atoms with Gasteiger partial charge in [-0.05, 0) is 49.6 Å². The summed E-state index contributed by atoms with van der Waals surface area (Å²) in [6.07, 6.45) is 0. The van der Waals surface area contributed by atoms with E-state index in [1.807, 2.05) is 18.2 Å². The second kappa shape index (κ2) is 9.01. The molecule has 1 aliphatic rings. The molecule has 1 heterocycles. The van der Waals surface area contributed by atoms with Crippen LogP contribution in [0.3, 0.4) is 0 Å². The van der Waals surface area contributed by atoms with Gasteiger partial charge in [-0.2, -0.15) is 0 Å². The third kappa shape index (κ3) is 5.19. The predicted molar refractivity (Wildman–Crippen MR) is 119 cm³/mol. The maximum Gasteiger partial charge on any atom is 0.258 e. The molecule has 0 aromatic heterocycles. The number of thiocarbonyl (C=S) groups is 1. The van der Waals surface area contributed by atoms with Crippen LogP contribution in [0.2, 0.25) is 5.02 Å². The molecule has 0 unspecified atom stereocenters. The molecule has 2 aromatic rings. The van der Waals surface area contributed by atoms with E-state index in [1.165, 1.54) is 0 Å². The fourth-order valence-corrected chi connectivity index (χ4v) is 3.67. The number of hydrogen-bond acceptors (Lipinski definition) is 4. The zero-order valence-corrected chi connectivity index (χ0v) is 18.0. The summed E-state index contributed by atoms with van der Waals surface area (Å²) in [7, 11) is 2.12. The Bertz CT molecular complexity index is 855. The molecule has 1 saturated heterocycles. The first-order valence-electron chi connectivity index (χ1n) is 8.54. The van der Waals surface area contributed by atoms with Crippen molar-refractivity contribution in [2.24, 2.45) is 0 Å². The van der Waals surface area contributed by atoms with E-state index in [0.29, 0.717) is 10.6 Å². The molecule has 0 atom stereocenters. The van der Waals surface area contributed by atoms with Crippen LogP contribution >= 0.6 is 39.7 Å². The second-order valence-electron chi connectivity index (χ2n) is 6.34. The van der Waals surface area contributed by atoms with E-state index in [0.717, 1.165) is 42.0 Å². The first-order chi connectivity index (χ1) is 12.9. The van der Waals surface area contributed by atoms with Gasteiger partial charge in [-0.15, -0.1) is 0 Å². The van der Waals surface area contributed by atoms with Crippen LogP contribution in [0.25, 0.3) is 0 Å². The van der Waals surface area contributed by atoms with Crippen molar-refractivity contribution in [2.75, 3.05) is 43.4 Å². The Labute approximate surface area is 177 Å². The van der Waals surface area contributed by atoms with Gasteiger partial charge in [0.05, 0.1) is 22.0 Å². The van der Waals surface area contributed by atoms with Crippen molar-refractivity contribution in [3.63, 3.8) is 0 Å². The average Bonchev–Trinajstić information content (AvgIpc) is 2.65. The number of anilines is 2. The van der Waals surface area contributed by atoms with Crippen molar-refractivity contribution in [3.05, 3.63) is 57.5 Å². The Kier molecular flexibility index (Phi) is 6.70. The van der Waals surface area contributed by atoms with Crippen LogP contribution in [0.5, 0.6) is 0 Å². The Morgan fingerprint density at radius 2 is 1.85 bits per heavy atom. The summed E-state index contributed by atoms with van der Waals surface area (Å²) < 4.78 is 0.774. The molecule has 5 nitrogen and oxygen atoms in total. The Morgan fingerprint density at radius 3 is 2.59 bits per heavy atom. The summed E-state index contributed by atoms with van der Waals surface area (Å²) in [5.41, 5.74) is 2.30. The molecular weight excluding hydrogens is 448 g/mol. The van der Waals surface area contributed by atoms with Gasteiger partial charge in [0.15, 0.2) is 5.11 Å². The zero-order valence-electron chi connectivity index (χ0n) is 14.8. The van der Waals surface area contributed by atoms with E-state index in [-0.39, 0.29) is 11.0 Å². The number of para-hydroxylation sites is 2. The topological polar surface area (TPSA) is 47.6 Å². The van der Waals surface area contributed by atoms with Gasteiger partial charge in [-0.3, -0.25) is 10.1 Å². The lowest BCUT2D eigenvalue weighted by Crippen LogP contribution is -2.45. The fraction of sp³-hybridized carbons (Fsp3) is 0.263. The number of halogens is 2. The number of nitrogens with zero attached hydrogens (tertiary/aromatic N) is 2. The van der Waals surface area contributed by atoms with Crippen LogP contribution in [0.4, 0.5) is 11.4 Å². The van der Waals surface area contributed by atoms with Gasteiger partial charge in [-0.25, -0.2) is 0 Å². The number of rotatable bonds is 3. The second-order valence-corrected chi connectivity index (χ2v) is 8.07. The number of nitrogens with one attached hydrogen (secondary N) is 2. The maximum absolute atomic E-state index is 12.5. The molecule has 2 aromatic carbocycles. The lowest BCUT2D eigenvalue weighted by atomic mass is 10.2. The lowest BCUT2D eigenvalue weighted by molar-refractivity contribution is 0.0978. The number of amides is 1. The summed E-state index contributed by atoms with van der Waals surface area (Å²) in [6.45, 7) is 3.91. The third-order valence-corrected chi connectivity index (χ3v) is 5.42. The molecule has 0 radical (unpaired) electrons. The molecule has 8 heteroatoms. The number of hydrogen-bond donors (Lipinski definition) is 2. The van der Waals surface area contributed by atoms with Crippen molar-refractivity contribution >= 4 is 62.1 Å². The van der Waals surface area contributed by atoms with Crippen LogP contribution in [0.1, 0.15) is 10.4 Å². The van der Waals surface area contributed by atoms with Crippen LogP contribution in [-0.2, 0) is 0 Å². The minimum atomic E-state index is -0.351. The van der Waals surface area contributed by atoms with Gasteiger partial charge < -0.3 is 15.1 Å². The average molecular weight is 468 g/mol. The molecule has 0 bridgehead atoms. The Morgan fingerprint density at radius 1 is 1.15 bits per heavy atom. The van der Waals surface area contributed by atoms with Crippen LogP contribution in [-0.4, -0.2) is 49.1 Å². The highest BCUT2D eigenvalue weighted by molar-refractivity contribution is 9.10. The first-order valence-corrected chi connectivity index (χ1v) is 10.1. The molecule has 2 N–H and O–H groups in total. The van der Waals surface area contributed by atoms with Crippen LogP contribution in [0, 0.1) is 0 Å². The molecule has 27 heavy (non-hydrogen) atoms. The van der Waals surface area contributed by atoms with Gasteiger partial charge in [0.2, 0.25) is 0 Å². The molecular formula is C19H20BrClN4OS. The largest absolute Gasteiger partial charge is 0.367 e. The van der Waals surface area contributed by atoms with Crippen molar-refractivity contribution in [1.29, 1.82) is 0 Å². The number of benzene rings is 2. The molecule has 0 saturated carbocycles. The van der Waals surface area contributed by atoms with E-state index in [1.54, 1.807) is 18.2 Å². The monoisotopic (exact) mass is 466 g/mol. The van der Waals surface area contributed by atoms with Crippen molar-refractivity contribution < 1.29 is 4.79 Å². The summed E-state index contributed by atoms with van der Waals surface area (Å²) in [5.74, 6) is -0.351. The minimum absolute atomic E-state index is 0.234. The smallest absolute Gasteiger partial charge is 0.258 e. The van der Waals surface area contributed by atoms with Crippen LogP contribution in [0.15, 0.2) is 46.9 Å². The highest BCUT2D eigenvalue weighted by Crippen LogP contribution is 2.26. The molecule has 1 amide bonds. The Balaban J connectivity index is 1.69. The molecule has 3 rings (SSSR count). The van der Waals surface area contributed by atoms with Gasteiger partial charge >= 0.3 is 0 Å². The summed E-state index contributed by atoms with van der Waals surface area (Å²) in [6, 6.07) is 13.1. The van der Waals surface area contributed by atoms with Gasteiger partial charge in [0.1, 0.15) is 0 Å². The lowest BCUT2D eigenvalue weighted by Gasteiger charge is -2.35. The summed E-state index contributed by atoms with van der Waals surface area (Å²) >= 11 is 14.8. The first kappa shape index (κ1) is 20.1. The number of carbonyl (C=O) groups excluding carboxylic acids is 1. The minimum Gasteiger partial charge on any atom is -0.367 e. The van der Waals surface area contributed by atoms with Crippen molar-refractivity contribution in [3.8, 4) is 0 Å². The SMILES string of the molecule is CN1CCN(c2ccccc2NC(=S)NC(=O)c2cc(Br)ccc2Cl)CC1. The normalized spacial score (nSPS) is 14.7. The summed E-state index contributed by atoms with van der Waals surface area (Å²) in [5, 5.41) is 6.45. The van der Waals surface area contributed by atoms with Gasteiger partial charge in [0, 0.05) is 30.7 Å². The van der Waals surface area contributed by atoms with Crippen LogP contribution < -0.4 is 15.5 Å². The van der Waals surface area contributed by atoms with E-state index in [2.05, 4.69) is 49.5 Å². The number of piperazine rings is 1. The molecule has 0 aliphatic carbocycles. The van der Waals surface area contributed by atoms with Crippen molar-refractivity contribution in [1.82, 2.24) is 10.2 Å². The quantitative estimate of drug-likeness (QED) is 0.669. The summed E-state index contributed by atoms with van der Waals surface area (Å²) in [4.78, 5) is 17.1. The molecule has 1 fully saturated rings. The predicted octanol–water partition coefficient (Wildman–Crippen LogP) is 3.98. The van der Waals surface area contributed by atoms with Crippen molar-refractivity contribution in [2.45, 2.75) is 0 Å².